The Kier molecular flexibility index (Phi) is 4.45. The number of alkyl halides is 1. The molecular formula is C12H23BrO. The van der Waals surface area contributed by atoms with Crippen LogP contribution in [0.5, 0.6) is 0 Å². The standard InChI is InChI=1S/C12H23BrO/c1-9-5-10(2)7-11(6-9)14-12(3,4)8-13/h9-11H,5-8H2,1-4H3. The van der Waals surface area contributed by atoms with E-state index in [0.29, 0.717) is 6.10 Å². The van der Waals surface area contributed by atoms with Crippen LogP contribution < -0.4 is 0 Å². The molecule has 0 aliphatic heterocycles. The summed E-state index contributed by atoms with van der Waals surface area (Å²) in [5.74, 6) is 1.66. The highest BCUT2D eigenvalue weighted by Crippen LogP contribution is 2.32. The minimum absolute atomic E-state index is 0.0125. The summed E-state index contributed by atoms with van der Waals surface area (Å²) in [5, 5.41) is 0.916. The average molecular weight is 263 g/mol. The van der Waals surface area contributed by atoms with Crippen LogP contribution in [0.4, 0.5) is 0 Å². The first-order valence-corrected chi connectivity index (χ1v) is 6.79. The van der Waals surface area contributed by atoms with Crippen LogP contribution in [0.1, 0.15) is 47.0 Å². The second-order valence-electron chi connectivity index (χ2n) is 5.55. The monoisotopic (exact) mass is 262 g/mol. The van der Waals surface area contributed by atoms with Crippen molar-refractivity contribution in [2.24, 2.45) is 11.8 Å². The van der Waals surface area contributed by atoms with E-state index in [0.717, 1.165) is 17.2 Å². The summed E-state index contributed by atoms with van der Waals surface area (Å²) in [6, 6.07) is 0. The Morgan fingerprint density at radius 2 is 1.64 bits per heavy atom. The summed E-state index contributed by atoms with van der Waals surface area (Å²) in [5.41, 5.74) is -0.0125. The maximum atomic E-state index is 6.12. The largest absolute Gasteiger partial charge is 0.371 e. The highest BCUT2D eigenvalue weighted by molar-refractivity contribution is 9.09. The zero-order chi connectivity index (χ0) is 10.8. The van der Waals surface area contributed by atoms with Crippen molar-refractivity contribution in [2.45, 2.75) is 58.7 Å². The predicted molar refractivity (Wildman–Crippen MR) is 64.9 cm³/mol. The van der Waals surface area contributed by atoms with Crippen molar-refractivity contribution >= 4 is 15.9 Å². The lowest BCUT2D eigenvalue weighted by Gasteiger charge is -2.36. The van der Waals surface area contributed by atoms with E-state index in [9.17, 15) is 0 Å². The average Bonchev–Trinajstić information content (AvgIpc) is 2.01. The molecule has 0 heterocycles. The summed E-state index contributed by atoms with van der Waals surface area (Å²) in [7, 11) is 0. The fourth-order valence-corrected chi connectivity index (χ4v) is 2.58. The normalized spacial score (nSPS) is 34.5. The Labute approximate surface area is 96.7 Å². The fraction of sp³-hybridized carbons (Fsp3) is 1.00. The third-order valence-electron chi connectivity index (χ3n) is 2.94. The highest BCUT2D eigenvalue weighted by atomic mass is 79.9. The Hall–Kier alpha value is 0.440. The molecule has 0 spiro atoms. The van der Waals surface area contributed by atoms with Crippen molar-refractivity contribution in [3.63, 3.8) is 0 Å². The maximum absolute atomic E-state index is 6.12. The van der Waals surface area contributed by atoms with Crippen molar-refractivity contribution in [2.75, 3.05) is 5.33 Å². The first kappa shape index (κ1) is 12.5. The van der Waals surface area contributed by atoms with Crippen molar-refractivity contribution in [3.8, 4) is 0 Å². The van der Waals surface area contributed by atoms with Gasteiger partial charge in [-0.25, -0.2) is 0 Å². The lowest BCUT2D eigenvalue weighted by Crippen LogP contribution is -2.36. The van der Waals surface area contributed by atoms with Gasteiger partial charge in [-0.2, -0.15) is 0 Å². The van der Waals surface area contributed by atoms with E-state index < -0.39 is 0 Å². The number of ether oxygens (including phenoxy) is 1. The van der Waals surface area contributed by atoms with Crippen LogP contribution in [0.2, 0.25) is 0 Å². The van der Waals surface area contributed by atoms with E-state index >= 15 is 0 Å². The van der Waals surface area contributed by atoms with Crippen molar-refractivity contribution in [3.05, 3.63) is 0 Å². The van der Waals surface area contributed by atoms with Gasteiger partial charge < -0.3 is 4.74 Å². The van der Waals surface area contributed by atoms with Crippen molar-refractivity contribution in [1.29, 1.82) is 0 Å². The van der Waals surface area contributed by atoms with E-state index in [1.165, 1.54) is 19.3 Å². The van der Waals surface area contributed by atoms with Gasteiger partial charge in [0.05, 0.1) is 11.7 Å². The van der Waals surface area contributed by atoms with Crippen LogP contribution in [0.3, 0.4) is 0 Å². The molecule has 0 aromatic carbocycles. The molecule has 1 saturated carbocycles. The van der Waals surface area contributed by atoms with Crippen LogP contribution >= 0.6 is 15.9 Å². The third kappa shape index (κ3) is 3.90. The minimum Gasteiger partial charge on any atom is -0.371 e. The van der Waals surface area contributed by atoms with Gasteiger partial charge in [0.25, 0.3) is 0 Å². The van der Waals surface area contributed by atoms with Gasteiger partial charge in [-0.15, -0.1) is 0 Å². The predicted octanol–water partition coefficient (Wildman–Crippen LogP) is 4.00. The van der Waals surface area contributed by atoms with Gasteiger partial charge in [0, 0.05) is 5.33 Å². The Morgan fingerprint density at radius 1 is 1.14 bits per heavy atom. The van der Waals surface area contributed by atoms with E-state index in [2.05, 4.69) is 43.6 Å². The molecule has 1 rings (SSSR count). The van der Waals surface area contributed by atoms with Crippen LogP contribution in [0.25, 0.3) is 0 Å². The van der Waals surface area contributed by atoms with E-state index in [-0.39, 0.29) is 5.60 Å². The number of hydrogen-bond acceptors (Lipinski definition) is 1. The zero-order valence-corrected chi connectivity index (χ0v) is 11.4. The van der Waals surface area contributed by atoms with Crippen LogP contribution in [0, 0.1) is 11.8 Å². The van der Waals surface area contributed by atoms with Gasteiger partial charge >= 0.3 is 0 Å². The smallest absolute Gasteiger partial charge is 0.0726 e. The molecule has 0 radical (unpaired) electrons. The minimum atomic E-state index is -0.0125. The lowest BCUT2D eigenvalue weighted by molar-refractivity contribution is -0.0847. The molecule has 0 amide bonds. The van der Waals surface area contributed by atoms with Gasteiger partial charge in [-0.3, -0.25) is 0 Å². The van der Waals surface area contributed by atoms with Crippen LogP contribution in [0.15, 0.2) is 0 Å². The zero-order valence-electron chi connectivity index (χ0n) is 9.85. The molecule has 84 valence electrons. The molecule has 1 fully saturated rings. The molecule has 0 N–H and O–H groups in total. The quantitative estimate of drug-likeness (QED) is 0.699. The Balaban J connectivity index is 2.44. The molecule has 0 bridgehead atoms. The SMILES string of the molecule is CC1CC(C)CC(OC(C)(C)CBr)C1. The summed E-state index contributed by atoms with van der Waals surface area (Å²) >= 11 is 3.50. The maximum Gasteiger partial charge on any atom is 0.0726 e. The molecular weight excluding hydrogens is 240 g/mol. The summed E-state index contributed by atoms with van der Waals surface area (Å²) in [4.78, 5) is 0. The van der Waals surface area contributed by atoms with Gasteiger partial charge in [0.2, 0.25) is 0 Å². The molecule has 0 saturated heterocycles. The van der Waals surface area contributed by atoms with E-state index in [1.807, 2.05) is 0 Å². The molecule has 1 aliphatic carbocycles. The molecule has 0 aromatic heterocycles. The molecule has 14 heavy (non-hydrogen) atoms. The summed E-state index contributed by atoms with van der Waals surface area (Å²) in [6.07, 6.45) is 4.32. The van der Waals surface area contributed by atoms with E-state index in [4.69, 9.17) is 4.74 Å². The van der Waals surface area contributed by atoms with Gasteiger partial charge in [0.1, 0.15) is 0 Å². The number of rotatable bonds is 3. The molecule has 1 aliphatic rings. The first-order chi connectivity index (χ1) is 6.43. The lowest BCUT2D eigenvalue weighted by atomic mass is 9.81. The Bertz CT molecular complexity index is 169. The van der Waals surface area contributed by atoms with E-state index in [1.54, 1.807) is 0 Å². The summed E-state index contributed by atoms with van der Waals surface area (Å²) in [6.45, 7) is 9.00. The number of halogens is 1. The fourth-order valence-electron chi connectivity index (χ4n) is 2.45. The van der Waals surface area contributed by atoms with Gasteiger partial charge in [-0.05, 0) is 44.9 Å². The van der Waals surface area contributed by atoms with Gasteiger partial charge in [0.15, 0.2) is 0 Å². The topological polar surface area (TPSA) is 9.23 Å². The molecule has 0 aromatic rings. The molecule has 2 atom stereocenters. The highest BCUT2D eigenvalue weighted by Gasteiger charge is 2.29. The first-order valence-electron chi connectivity index (χ1n) is 5.66. The van der Waals surface area contributed by atoms with Gasteiger partial charge in [-0.1, -0.05) is 29.8 Å². The second-order valence-corrected chi connectivity index (χ2v) is 6.11. The Morgan fingerprint density at radius 3 is 2.07 bits per heavy atom. The molecule has 1 nitrogen and oxygen atoms in total. The molecule has 2 heteroatoms. The van der Waals surface area contributed by atoms with Crippen molar-refractivity contribution < 1.29 is 4.74 Å². The van der Waals surface area contributed by atoms with Crippen LogP contribution in [-0.2, 0) is 4.74 Å². The van der Waals surface area contributed by atoms with Crippen molar-refractivity contribution in [1.82, 2.24) is 0 Å². The number of hydrogen-bond donors (Lipinski definition) is 0. The third-order valence-corrected chi connectivity index (χ3v) is 4.29. The van der Waals surface area contributed by atoms with Crippen LogP contribution in [-0.4, -0.2) is 17.0 Å². The molecule has 2 unspecified atom stereocenters. The summed E-state index contributed by atoms with van der Waals surface area (Å²) < 4.78 is 6.12. The second kappa shape index (κ2) is 4.98.